The monoisotopic (exact) mass is 1050 g/mol. The summed E-state index contributed by atoms with van der Waals surface area (Å²) in [6, 6.07) is 0. The Labute approximate surface area is 453 Å². The summed E-state index contributed by atoms with van der Waals surface area (Å²) in [7, 11) is 1.13. The lowest BCUT2D eigenvalue weighted by molar-refractivity contribution is -0.870. The number of carbonyl (C=O) groups is 2. The van der Waals surface area contributed by atoms with Crippen LogP contribution in [0.2, 0.25) is 0 Å². The zero-order chi connectivity index (χ0) is 54.2. The van der Waals surface area contributed by atoms with E-state index in [1.54, 1.807) is 0 Å². The quantitative estimate of drug-likeness (QED) is 0.0195. The highest BCUT2D eigenvalue weighted by Gasteiger charge is 2.21. The second-order valence-corrected chi connectivity index (χ2v) is 21.3. The van der Waals surface area contributed by atoms with E-state index >= 15 is 0 Å². The molecule has 2 unspecified atom stereocenters. The Kier molecular flexibility index (Phi) is 51.2. The normalized spacial score (nSPS) is 14.3. The van der Waals surface area contributed by atoms with Crippen molar-refractivity contribution >= 4 is 19.8 Å². The van der Waals surface area contributed by atoms with E-state index in [9.17, 15) is 19.0 Å². The molecular formula is C64H106NO8P. The molecule has 0 aliphatic rings. The number of hydrogen-bond acceptors (Lipinski definition) is 8. The third-order valence-corrected chi connectivity index (χ3v) is 12.6. The zero-order valence-corrected chi connectivity index (χ0v) is 48.4. The fraction of sp³-hybridized carbons (Fsp3) is 0.625. The molecule has 0 fully saturated rings. The third-order valence-electron chi connectivity index (χ3n) is 11.7. The van der Waals surface area contributed by atoms with Gasteiger partial charge in [-0.25, -0.2) is 0 Å². The number of carbonyl (C=O) groups excluding carboxylic acids is 2. The van der Waals surface area contributed by atoms with Crippen molar-refractivity contribution in [2.45, 2.75) is 213 Å². The number of allylic oxidation sites excluding steroid dienone is 22. The van der Waals surface area contributed by atoms with Crippen LogP contribution in [-0.4, -0.2) is 70.0 Å². The first-order chi connectivity index (χ1) is 36.0. The summed E-state index contributed by atoms with van der Waals surface area (Å²) < 4.78 is 34.1. The molecule has 0 bridgehead atoms. The molecule has 0 rings (SSSR count). The van der Waals surface area contributed by atoms with Crippen molar-refractivity contribution in [2.75, 3.05) is 47.5 Å². The first-order valence-corrected chi connectivity index (χ1v) is 30.4. The highest BCUT2D eigenvalue weighted by molar-refractivity contribution is 7.45. The van der Waals surface area contributed by atoms with Crippen molar-refractivity contribution in [3.63, 3.8) is 0 Å². The van der Waals surface area contributed by atoms with Crippen molar-refractivity contribution in [2.24, 2.45) is 0 Å². The van der Waals surface area contributed by atoms with Gasteiger partial charge in [-0.2, -0.15) is 0 Å². The van der Waals surface area contributed by atoms with Gasteiger partial charge in [0.05, 0.1) is 27.7 Å². The Hall–Kier alpha value is -3.85. The molecule has 0 aliphatic heterocycles. The second-order valence-electron chi connectivity index (χ2n) is 19.9. The van der Waals surface area contributed by atoms with Crippen LogP contribution in [0.15, 0.2) is 134 Å². The standard InChI is InChI=1S/C64H106NO8P/c1-6-8-10-12-14-16-18-20-22-23-24-25-26-27-28-29-30-31-32-33-34-35-36-37-38-39-40-41-43-45-47-49-51-53-55-57-64(67)73-62(61-72-74(68,69)71-59-58-65(3,4)5)60-70-63(66)56-54-52-50-48-46-44-42-21-19-17-15-13-11-9-7-2/h8,10,14-17,20-22,24-25,27-28,30-31,33-34,36-37,39-40,42,62H,6-7,9,11-13,18-19,23,26,29,32,35,38,41,43-61H2,1-5H3/b10-8-,16-14-,17-15-,22-20-,25-24-,28-27-,31-30-,34-33-,37-36-,40-39-,42-21-. The zero-order valence-electron chi connectivity index (χ0n) is 47.5. The predicted octanol–water partition coefficient (Wildman–Crippen LogP) is 17.5. The predicted molar refractivity (Wildman–Crippen MR) is 314 cm³/mol. The number of hydrogen-bond donors (Lipinski definition) is 0. The van der Waals surface area contributed by atoms with Gasteiger partial charge < -0.3 is 27.9 Å². The first-order valence-electron chi connectivity index (χ1n) is 28.9. The molecule has 10 heteroatoms. The molecule has 2 atom stereocenters. The van der Waals surface area contributed by atoms with Crippen LogP contribution >= 0.6 is 7.82 Å². The lowest BCUT2D eigenvalue weighted by Gasteiger charge is -2.28. The summed E-state index contributed by atoms with van der Waals surface area (Å²) in [5.41, 5.74) is 0. The highest BCUT2D eigenvalue weighted by atomic mass is 31.2. The van der Waals surface area contributed by atoms with Gasteiger partial charge in [0.15, 0.2) is 6.10 Å². The van der Waals surface area contributed by atoms with Gasteiger partial charge in [-0.1, -0.05) is 212 Å². The van der Waals surface area contributed by atoms with Gasteiger partial charge in [-0.05, 0) is 116 Å². The molecule has 9 nitrogen and oxygen atoms in total. The van der Waals surface area contributed by atoms with Crippen LogP contribution in [0.5, 0.6) is 0 Å². The summed E-state index contributed by atoms with van der Waals surface area (Å²) in [6.45, 7) is 4.04. The fourth-order valence-corrected chi connectivity index (χ4v) is 7.93. The molecule has 0 spiro atoms. The summed E-state index contributed by atoms with van der Waals surface area (Å²) >= 11 is 0. The van der Waals surface area contributed by atoms with Crippen molar-refractivity contribution in [3.05, 3.63) is 134 Å². The minimum Gasteiger partial charge on any atom is -0.756 e. The Morgan fingerprint density at radius 2 is 0.770 bits per heavy atom. The van der Waals surface area contributed by atoms with E-state index in [1.807, 2.05) is 21.1 Å². The van der Waals surface area contributed by atoms with Gasteiger partial charge in [-0.15, -0.1) is 0 Å². The first kappa shape index (κ1) is 70.1. The minimum atomic E-state index is -4.65. The Morgan fingerprint density at radius 1 is 0.432 bits per heavy atom. The molecule has 0 amide bonds. The van der Waals surface area contributed by atoms with E-state index < -0.39 is 32.5 Å². The number of esters is 2. The summed E-state index contributed by atoms with van der Waals surface area (Å²) in [4.78, 5) is 37.8. The number of phosphoric acid groups is 1. The van der Waals surface area contributed by atoms with Crippen LogP contribution in [0, 0.1) is 0 Å². The molecule has 0 radical (unpaired) electrons. The van der Waals surface area contributed by atoms with Gasteiger partial charge in [0.1, 0.15) is 19.8 Å². The van der Waals surface area contributed by atoms with E-state index in [0.29, 0.717) is 23.9 Å². The molecular weight excluding hydrogens is 942 g/mol. The Balaban J connectivity index is 4.21. The molecule has 0 aromatic rings. The number of nitrogens with zero attached hydrogens (tertiary/aromatic N) is 1. The lowest BCUT2D eigenvalue weighted by atomic mass is 10.1. The molecule has 0 heterocycles. The summed E-state index contributed by atoms with van der Waals surface area (Å²) in [5.74, 6) is -0.873. The molecule has 74 heavy (non-hydrogen) atoms. The molecule has 0 saturated heterocycles. The van der Waals surface area contributed by atoms with Crippen molar-refractivity contribution in [1.82, 2.24) is 0 Å². The van der Waals surface area contributed by atoms with Gasteiger partial charge in [0, 0.05) is 12.8 Å². The summed E-state index contributed by atoms with van der Waals surface area (Å²) in [6.07, 6.45) is 77.8. The van der Waals surface area contributed by atoms with Crippen LogP contribution in [0.4, 0.5) is 0 Å². The van der Waals surface area contributed by atoms with E-state index in [0.717, 1.165) is 128 Å². The highest BCUT2D eigenvalue weighted by Crippen LogP contribution is 2.38. The van der Waals surface area contributed by atoms with Crippen molar-refractivity contribution in [3.8, 4) is 0 Å². The second kappa shape index (κ2) is 54.0. The summed E-state index contributed by atoms with van der Waals surface area (Å²) in [5, 5.41) is 0. The maximum atomic E-state index is 12.8. The average Bonchev–Trinajstić information content (AvgIpc) is 3.36. The smallest absolute Gasteiger partial charge is 0.306 e. The van der Waals surface area contributed by atoms with Gasteiger partial charge >= 0.3 is 11.9 Å². The van der Waals surface area contributed by atoms with Crippen LogP contribution < -0.4 is 4.89 Å². The fourth-order valence-electron chi connectivity index (χ4n) is 7.21. The van der Waals surface area contributed by atoms with Crippen molar-refractivity contribution < 1.29 is 42.1 Å². The number of unbranched alkanes of at least 4 members (excludes halogenated alkanes) is 15. The third kappa shape index (κ3) is 57.4. The van der Waals surface area contributed by atoms with E-state index in [-0.39, 0.29) is 26.1 Å². The number of rotatable bonds is 51. The van der Waals surface area contributed by atoms with E-state index in [4.69, 9.17) is 18.5 Å². The lowest BCUT2D eigenvalue weighted by Crippen LogP contribution is -2.37. The topological polar surface area (TPSA) is 111 Å². The van der Waals surface area contributed by atoms with Crippen LogP contribution in [0.1, 0.15) is 206 Å². The Bertz CT molecular complexity index is 1710. The van der Waals surface area contributed by atoms with Gasteiger partial charge in [0.2, 0.25) is 0 Å². The van der Waals surface area contributed by atoms with Gasteiger partial charge in [0.25, 0.3) is 7.82 Å². The molecule has 0 aromatic carbocycles. The van der Waals surface area contributed by atoms with Crippen LogP contribution in [-0.2, 0) is 32.7 Å². The van der Waals surface area contributed by atoms with Crippen LogP contribution in [0.3, 0.4) is 0 Å². The maximum Gasteiger partial charge on any atom is 0.306 e. The minimum absolute atomic E-state index is 0.0427. The largest absolute Gasteiger partial charge is 0.756 e. The number of likely N-dealkylation sites (N-methyl/N-ethyl adjacent to an activating group) is 1. The molecule has 420 valence electrons. The van der Waals surface area contributed by atoms with Crippen LogP contribution in [0.25, 0.3) is 0 Å². The Morgan fingerprint density at radius 3 is 1.15 bits per heavy atom. The molecule has 0 aromatic heterocycles. The molecule has 0 aliphatic carbocycles. The number of quaternary nitrogens is 1. The van der Waals surface area contributed by atoms with Gasteiger partial charge in [-0.3, -0.25) is 14.2 Å². The molecule has 0 N–H and O–H groups in total. The number of ether oxygens (including phenoxy) is 2. The van der Waals surface area contributed by atoms with E-state index in [2.05, 4.69) is 148 Å². The van der Waals surface area contributed by atoms with E-state index in [1.165, 1.54) is 38.5 Å². The maximum absolute atomic E-state index is 12.8. The number of phosphoric ester groups is 1. The average molecular weight is 1050 g/mol. The van der Waals surface area contributed by atoms with Crippen molar-refractivity contribution in [1.29, 1.82) is 0 Å². The molecule has 0 saturated carbocycles. The SMILES string of the molecule is CC/C=C\C/C=C\C/C=C\C/C=C\C/C=C\C/C=C\C/C=C\C/C=C\C/C=C\CCCCCCCCCC(=O)OC(COC(=O)CCCCCCC/C=C\C/C=C\CCCCC)COP(=O)([O-])OCC[N+](C)(C)C.